The van der Waals surface area contributed by atoms with E-state index in [2.05, 4.69) is 33.2 Å². The van der Waals surface area contributed by atoms with Gasteiger partial charge in [0.2, 0.25) is 0 Å². The molecule has 0 aliphatic carbocycles. The highest BCUT2D eigenvalue weighted by Gasteiger charge is 2.25. The minimum absolute atomic E-state index is 0.348. The predicted molar refractivity (Wildman–Crippen MR) is 70.2 cm³/mol. The van der Waals surface area contributed by atoms with Gasteiger partial charge in [-0.2, -0.15) is 0 Å². The maximum atomic E-state index is 5.69. The van der Waals surface area contributed by atoms with Gasteiger partial charge in [0.25, 0.3) is 0 Å². The number of nitrogens with two attached hydrogens (primary N) is 1. The van der Waals surface area contributed by atoms with E-state index in [4.69, 9.17) is 5.73 Å². The Hall–Kier alpha value is -1.62. The summed E-state index contributed by atoms with van der Waals surface area (Å²) < 4.78 is 0. The highest BCUT2D eigenvalue weighted by molar-refractivity contribution is 7.10. The van der Waals surface area contributed by atoms with Gasteiger partial charge in [-0.15, -0.1) is 11.3 Å². The number of hydrogen-bond acceptors (Lipinski definition) is 5. The van der Waals surface area contributed by atoms with E-state index in [1.54, 1.807) is 12.4 Å². The first-order valence-corrected chi connectivity index (χ1v) is 6.54. The second-order valence-electron chi connectivity index (χ2n) is 4.22. The molecule has 17 heavy (non-hydrogen) atoms. The van der Waals surface area contributed by atoms with E-state index in [1.165, 1.54) is 10.4 Å². The summed E-state index contributed by atoms with van der Waals surface area (Å²) in [5.41, 5.74) is 7.09. The lowest BCUT2D eigenvalue weighted by molar-refractivity contribution is 0.624. The van der Waals surface area contributed by atoms with Gasteiger partial charge in [-0.05, 0) is 30.4 Å². The van der Waals surface area contributed by atoms with Crippen LogP contribution in [0.2, 0.25) is 0 Å². The number of nitrogen functional groups attached to an aromatic ring is 1. The van der Waals surface area contributed by atoms with Crippen LogP contribution in [0.1, 0.15) is 23.4 Å². The van der Waals surface area contributed by atoms with Crippen LogP contribution in [0, 0.1) is 0 Å². The average Bonchev–Trinajstić information content (AvgIpc) is 2.78. The quantitative estimate of drug-likeness (QED) is 0.838. The third-order valence-electron chi connectivity index (χ3n) is 3.21. The fraction of sp³-hybridized carbons (Fsp3) is 0.333. The summed E-state index contributed by atoms with van der Waals surface area (Å²) in [5, 5.41) is 2.16. The van der Waals surface area contributed by atoms with E-state index in [-0.39, 0.29) is 0 Å². The molecule has 2 aromatic rings. The van der Waals surface area contributed by atoms with Crippen LogP contribution in [0.5, 0.6) is 0 Å². The average molecular weight is 246 g/mol. The minimum atomic E-state index is 0.348. The van der Waals surface area contributed by atoms with Crippen LogP contribution in [-0.4, -0.2) is 16.5 Å². The van der Waals surface area contributed by atoms with Crippen LogP contribution in [0.4, 0.5) is 11.6 Å². The number of aromatic nitrogens is 2. The Labute approximate surface area is 104 Å². The summed E-state index contributed by atoms with van der Waals surface area (Å²) in [6, 6.07) is 2.55. The molecule has 0 aromatic carbocycles. The maximum absolute atomic E-state index is 5.69. The molecule has 88 valence electrons. The van der Waals surface area contributed by atoms with E-state index in [0.717, 1.165) is 18.8 Å². The van der Waals surface area contributed by atoms with Gasteiger partial charge in [-0.25, -0.2) is 4.98 Å². The number of nitrogens with zero attached hydrogens (tertiary/aromatic N) is 3. The Bertz CT molecular complexity index is 537. The summed E-state index contributed by atoms with van der Waals surface area (Å²) in [7, 11) is 0. The van der Waals surface area contributed by atoms with E-state index >= 15 is 0 Å². The summed E-state index contributed by atoms with van der Waals surface area (Å²) in [6.07, 6.45) is 4.44. The predicted octanol–water partition coefficient (Wildman–Crippen LogP) is 2.24. The van der Waals surface area contributed by atoms with Crippen molar-refractivity contribution >= 4 is 23.0 Å². The van der Waals surface area contributed by atoms with Crippen LogP contribution in [0.3, 0.4) is 0 Å². The van der Waals surface area contributed by atoms with Gasteiger partial charge in [0, 0.05) is 11.4 Å². The Kier molecular flexibility index (Phi) is 2.48. The third kappa shape index (κ3) is 1.76. The van der Waals surface area contributed by atoms with Crippen molar-refractivity contribution in [3.05, 3.63) is 34.3 Å². The molecule has 0 saturated heterocycles. The lowest BCUT2D eigenvalue weighted by atomic mass is 10.0. The molecule has 1 aliphatic heterocycles. The van der Waals surface area contributed by atoms with Crippen molar-refractivity contribution in [2.24, 2.45) is 0 Å². The molecular weight excluding hydrogens is 232 g/mol. The van der Waals surface area contributed by atoms with Crippen LogP contribution >= 0.6 is 11.3 Å². The molecule has 0 saturated carbocycles. The molecule has 0 radical (unpaired) electrons. The summed E-state index contributed by atoms with van der Waals surface area (Å²) in [4.78, 5) is 12.2. The molecule has 5 heteroatoms. The highest BCUT2D eigenvalue weighted by atomic mass is 32.1. The van der Waals surface area contributed by atoms with Crippen molar-refractivity contribution < 1.29 is 0 Å². The molecule has 1 aliphatic rings. The Morgan fingerprint density at radius 2 is 2.35 bits per heavy atom. The van der Waals surface area contributed by atoms with Gasteiger partial charge in [-0.3, -0.25) is 4.98 Å². The molecule has 2 N–H and O–H groups in total. The van der Waals surface area contributed by atoms with Crippen molar-refractivity contribution in [1.29, 1.82) is 0 Å². The highest BCUT2D eigenvalue weighted by Crippen LogP contribution is 2.34. The van der Waals surface area contributed by atoms with Gasteiger partial charge in [0.1, 0.15) is 11.6 Å². The van der Waals surface area contributed by atoms with Gasteiger partial charge in [0.15, 0.2) is 0 Å². The smallest absolute Gasteiger partial charge is 0.150 e. The zero-order chi connectivity index (χ0) is 11.8. The molecule has 1 atom stereocenters. The number of fused-ring (bicyclic) bond motifs is 1. The van der Waals surface area contributed by atoms with Crippen molar-refractivity contribution in [3.63, 3.8) is 0 Å². The zero-order valence-corrected chi connectivity index (χ0v) is 10.4. The van der Waals surface area contributed by atoms with Crippen LogP contribution in [-0.2, 0) is 6.42 Å². The Morgan fingerprint density at radius 1 is 1.47 bits per heavy atom. The van der Waals surface area contributed by atoms with Crippen molar-refractivity contribution in [1.82, 2.24) is 9.97 Å². The standard InChI is InChI=1S/C12H14N4S/c1-8-9-3-5-17-10(9)2-4-16(8)12-7-14-6-11(13)15-12/h3,5-8H,2,4H2,1H3,(H2,13,15). The van der Waals surface area contributed by atoms with E-state index in [1.807, 2.05) is 11.3 Å². The monoisotopic (exact) mass is 246 g/mol. The first-order valence-electron chi connectivity index (χ1n) is 5.66. The van der Waals surface area contributed by atoms with Crippen LogP contribution < -0.4 is 10.6 Å². The van der Waals surface area contributed by atoms with E-state index in [9.17, 15) is 0 Å². The zero-order valence-electron chi connectivity index (χ0n) is 9.63. The number of thiophene rings is 1. The molecule has 4 nitrogen and oxygen atoms in total. The van der Waals surface area contributed by atoms with Crippen molar-refractivity contribution in [3.8, 4) is 0 Å². The van der Waals surface area contributed by atoms with Gasteiger partial charge < -0.3 is 10.6 Å². The molecule has 3 heterocycles. The normalized spacial score (nSPS) is 19.1. The first-order chi connectivity index (χ1) is 8.25. The van der Waals surface area contributed by atoms with Crippen LogP contribution in [0.25, 0.3) is 0 Å². The lowest BCUT2D eigenvalue weighted by Gasteiger charge is -2.34. The molecular formula is C12H14N4S. The van der Waals surface area contributed by atoms with Crippen LogP contribution in [0.15, 0.2) is 23.8 Å². The number of hydrogen-bond donors (Lipinski definition) is 1. The Balaban J connectivity index is 1.96. The molecule has 2 aromatic heterocycles. The Morgan fingerprint density at radius 3 is 3.18 bits per heavy atom. The second kappa shape index (κ2) is 4.00. The second-order valence-corrected chi connectivity index (χ2v) is 5.22. The summed E-state index contributed by atoms with van der Waals surface area (Å²) in [6.45, 7) is 3.18. The fourth-order valence-corrected chi connectivity index (χ4v) is 3.29. The summed E-state index contributed by atoms with van der Waals surface area (Å²) >= 11 is 1.84. The molecule has 3 rings (SSSR count). The maximum Gasteiger partial charge on any atom is 0.150 e. The topological polar surface area (TPSA) is 55.0 Å². The van der Waals surface area contributed by atoms with Crippen molar-refractivity contribution in [2.45, 2.75) is 19.4 Å². The number of rotatable bonds is 1. The van der Waals surface area contributed by atoms with E-state index < -0.39 is 0 Å². The minimum Gasteiger partial charge on any atom is -0.382 e. The van der Waals surface area contributed by atoms with Crippen molar-refractivity contribution in [2.75, 3.05) is 17.2 Å². The molecule has 1 unspecified atom stereocenters. The molecule has 0 bridgehead atoms. The molecule has 0 amide bonds. The molecule has 0 spiro atoms. The summed E-state index contributed by atoms with van der Waals surface area (Å²) in [5.74, 6) is 1.35. The van der Waals surface area contributed by atoms with E-state index in [0.29, 0.717) is 11.9 Å². The molecule has 0 fully saturated rings. The van der Waals surface area contributed by atoms with Gasteiger partial charge >= 0.3 is 0 Å². The van der Waals surface area contributed by atoms with Gasteiger partial charge in [0.05, 0.1) is 18.4 Å². The SMILES string of the molecule is CC1c2ccsc2CCN1c1cncc(N)n1. The number of anilines is 2. The largest absolute Gasteiger partial charge is 0.382 e. The first kappa shape index (κ1) is 10.5. The van der Waals surface area contributed by atoms with Gasteiger partial charge in [-0.1, -0.05) is 0 Å². The fourth-order valence-electron chi connectivity index (χ4n) is 2.33. The third-order valence-corrected chi connectivity index (χ3v) is 4.21. The lowest BCUT2D eigenvalue weighted by Crippen LogP contribution is -2.33.